The summed E-state index contributed by atoms with van der Waals surface area (Å²) >= 11 is 0. The fraction of sp³-hybridized carbons (Fsp3) is 0.350. The first kappa shape index (κ1) is 20.8. The lowest BCUT2D eigenvalue weighted by Gasteiger charge is -2.24. The maximum absolute atomic E-state index is 12.3. The predicted octanol–water partition coefficient (Wildman–Crippen LogP) is 2.78. The summed E-state index contributed by atoms with van der Waals surface area (Å²) in [7, 11) is -2.07. The molecular weight excluding hydrogens is 364 g/mol. The Labute approximate surface area is 161 Å². The van der Waals surface area contributed by atoms with Crippen LogP contribution in [0.1, 0.15) is 23.1 Å². The number of ether oxygens (including phenoxy) is 1. The Morgan fingerprint density at radius 3 is 2.30 bits per heavy atom. The van der Waals surface area contributed by atoms with Gasteiger partial charge < -0.3 is 10.1 Å². The highest BCUT2D eigenvalue weighted by molar-refractivity contribution is 7.92. The molecule has 0 spiro atoms. The highest BCUT2D eigenvalue weighted by atomic mass is 32.2. The number of carbonyl (C=O) groups is 1. The van der Waals surface area contributed by atoms with Gasteiger partial charge in [0.2, 0.25) is 15.9 Å². The van der Waals surface area contributed by atoms with E-state index in [-0.39, 0.29) is 18.9 Å². The Kier molecular flexibility index (Phi) is 6.85. The summed E-state index contributed by atoms with van der Waals surface area (Å²) in [5.41, 5.74) is 3.49. The number of carbonyl (C=O) groups excluding carboxylic acids is 1. The summed E-state index contributed by atoms with van der Waals surface area (Å²) in [6.07, 6.45) is 1.18. The van der Waals surface area contributed by atoms with Gasteiger partial charge in [-0.1, -0.05) is 35.9 Å². The number of nitrogens with one attached hydrogen (secondary N) is 1. The van der Waals surface area contributed by atoms with Gasteiger partial charge in [0.25, 0.3) is 0 Å². The maximum Gasteiger partial charge on any atom is 0.232 e. The van der Waals surface area contributed by atoms with Crippen LogP contribution in [0.15, 0.2) is 42.5 Å². The van der Waals surface area contributed by atoms with Gasteiger partial charge in [-0.05, 0) is 37.1 Å². The summed E-state index contributed by atoms with van der Waals surface area (Å²) < 4.78 is 31.1. The lowest BCUT2D eigenvalue weighted by molar-refractivity contribution is -0.121. The van der Waals surface area contributed by atoms with Crippen molar-refractivity contribution in [2.24, 2.45) is 0 Å². The van der Waals surface area contributed by atoms with Crippen LogP contribution >= 0.6 is 0 Å². The molecule has 0 saturated heterocycles. The summed E-state index contributed by atoms with van der Waals surface area (Å²) in [6.45, 7) is 4.32. The zero-order valence-corrected chi connectivity index (χ0v) is 17.0. The molecule has 0 bridgehead atoms. The van der Waals surface area contributed by atoms with Crippen LogP contribution in [0.5, 0.6) is 5.75 Å². The number of sulfonamides is 1. The maximum atomic E-state index is 12.3. The molecule has 2 aromatic rings. The van der Waals surface area contributed by atoms with E-state index in [1.165, 1.54) is 11.4 Å². The van der Waals surface area contributed by atoms with Crippen LogP contribution in [0, 0.1) is 13.8 Å². The first-order chi connectivity index (χ1) is 12.7. The van der Waals surface area contributed by atoms with Crippen molar-refractivity contribution in [3.8, 4) is 5.75 Å². The molecule has 2 aromatic carbocycles. The third-order valence-electron chi connectivity index (χ3n) is 4.16. The predicted molar refractivity (Wildman–Crippen MR) is 108 cm³/mol. The van der Waals surface area contributed by atoms with Crippen LogP contribution in [-0.4, -0.2) is 34.2 Å². The van der Waals surface area contributed by atoms with Crippen molar-refractivity contribution in [2.45, 2.75) is 26.8 Å². The molecule has 0 fully saturated rings. The van der Waals surface area contributed by atoms with Crippen molar-refractivity contribution in [1.29, 1.82) is 0 Å². The highest BCUT2D eigenvalue weighted by Gasteiger charge is 2.22. The van der Waals surface area contributed by atoms with E-state index in [4.69, 9.17) is 4.74 Å². The van der Waals surface area contributed by atoms with E-state index in [0.29, 0.717) is 18.0 Å². The van der Waals surface area contributed by atoms with E-state index in [0.717, 1.165) is 22.9 Å². The fourth-order valence-electron chi connectivity index (χ4n) is 2.66. The van der Waals surface area contributed by atoms with Crippen LogP contribution < -0.4 is 14.4 Å². The normalized spacial score (nSPS) is 11.1. The first-order valence-electron chi connectivity index (χ1n) is 8.65. The largest absolute Gasteiger partial charge is 0.495 e. The summed E-state index contributed by atoms with van der Waals surface area (Å²) in [6, 6.07) is 13.2. The lowest BCUT2D eigenvalue weighted by atomic mass is 10.1. The van der Waals surface area contributed by atoms with Crippen molar-refractivity contribution in [2.75, 3.05) is 24.2 Å². The second kappa shape index (κ2) is 8.90. The van der Waals surface area contributed by atoms with Crippen molar-refractivity contribution in [1.82, 2.24) is 5.32 Å². The van der Waals surface area contributed by atoms with Gasteiger partial charge in [-0.3, -0.25) is 9.10 Å². The lowest BCUT2D eigenvalue weighted by Crippen LogP contribution is -2.34. The Morgan fingerprint density at radius 1 is 1.07 bits per heavy atom. The summed E-state index contributed by atoms with van der Waals surface area (Å²) in [4.78, 5) is 12.2. The molecule has 2 rings (SSSR count). The standard InChI is InChI=1S/C20H26N2O4S/c1-15-5-8-17(9-6-15)14-21-20(23)11-12-22(27(4,24)25)18-13-16(2)7-10-19(18)26-3/h5-10,13H,11-12,14H2,1-4H3,(H,21,23). The Balaban J connectivity index is 2.06. The molecule has 0 aliphatic heterocycles. The van der Waals surface area contributed by atoms with E-state index in [1.807, 2.05) is 44.2 Å². The molecule has 0 atom stereocenters. The van der Waals surface area contributed by atoms with Crippen molar-refractivity contribution in [3.05, 3.63) is 59.2 Å². The van der Waals surface area contributed by atoms with E-state index in [1.54, 1.807) is 12.1 Å². The highest BCUT2D eigenvalue weighted by Crippen LogP contribution is 2.31. The van der Waals surface area contributed by atoms with Gasteiger partial charge in [-0.25, -0.2) is 8.42 Å². The average Bonchev–Trinajstić information content (AvgIpc) is 2.60. The second-order valence-electron chi connectivity index (χ2n) is 6.52. The summed E-state index contributed by atoms with van der Waals surface area (Å²) in [5, 5.41) is 2.82. The fourth-order valence-corrected chi connectivity index (χ4v) is 3.58. The quantitative estimate of drug-likeness (QED) is 0.752. The Hall–Kier alpha value is -2.54. The van der Waals surface area contributed by atoms with Gasteiger partial charge in [0.15, 0.2) is 0 Å². The van der Waals surface area contributed by atoms with Gasteiger partial charge >= 0.3 is 0 Å². The zero-order valence-electron chi connectivity index (χ0n) is 16.2. The van der Waals surface area contributed by atoms with Crippen LogP contribution in [0.3, 0.4) is 0 Å². The van der Waals surface area contributed by atoms with Crippen molar-refractivity contribution < 1.29 is 17.9 Å². The van der Waals surface area contributed by atoms with E-state index >= 15 is 0 Å². The molecule has 0 radical (unpaired) electrons. The van der Waals surface area contributed by atoms with Crippen molar-refractivity contribution >= 4 is 21.6 Å². The van der Waals surface area contributed by atoms with E-state index in [2.05, 4.69) is 5.32 Å². The number of amides is 1. The molecule has 0 aliphatic carbocycles. The second-order valence-corrected chi connectivity index (χ2v) is 8.43. The number of anilines is 1. The number of nitrogens with zero attached hydrogens (tertiary/aromatic N) is 1. The first-order valence-corrected chi connectivity index (χ1v) is 10.5. The Bertz CT molecular complexity index is 893. The van der Waals surface area contributed by atoms with Crippen molar-refractivity contribution in [3.63, 3.8) is 0 Å². The third kappa shape index (κ3) is 5.99. The van der Waals surface area contributed by atoms with Gasteiger partial charge in [0.1, 0.15) is 5.75 Å². The molecule has 146 valence electrons. The number of benzene rings is 2. The molecule has 0 saturated carbocycles. The zero-order chi connectivity index (χ0) is 20.0. The number of hydrogen-bond donors (Lipinski definition) is 1. The molecule has 1 amide bonds. The topological polar surface area (TPSA) is 75.7 Å². The molecular formula is C20H26N2O4S. The number of methoxy groups -OCH3 is 1. The molecule has 7 heteroatoms. The van der Waals surface area contributed by atoms with E-state index < -0.39 is 10.0 Å². The molecule has 0 aromatic heterocycles. The minimum Gasteiger partial charge on any atom is -0.495 e. The molecule has 0 unspecified atom stereocenters. The van der Waals surface area contributed by atoms with Crippen LogP contribution in [0.4, 0.5) is 5.69 Å². The van der Waals surface area contributed by atoms with Gasteiger partial charge in [-0.15, -0.1) is 0 Å². The smallest absolute Gasteiger partial charge is 0.232 e. The van der Waals surface area contributed by atoms with Crippen LogP contribution in [-0.2, 0) is 21.4 Å². The van der Waals surface area contributed by atoms with Gasteiger partial charge in [0.05, 0.1) is 19.1 Å². The van der Waals surface area contributed by atoms with Gasteiger partial charge in [0, 0.05) is 19.5 Å². The monoisotopic (exact) mass is 390 g/mol. The third-order valence-corrected chi connectivity index (χ3v) is 5.34. The minimum absolute atomic E-state index is 0.0401. The number of rotatable bonds is 8. The molecule has 6 nitrogen and oxygen atoms in total. The number of hydrogen-bond acceptors (Lipinski definition) is 4. The van der Waals surface area contributed by atoms with Crippen LogP contribution in [0.25, 0.3) is 0 Å². The number of aryl methyl sites for hydroxylation is 2. The minimum atomic E-state index is -3.56. The van der Waals surface area contributed by atoms with Gasteiger partial charge in [-0.2, -0.15) is 0 Å². The van der Waals surface area contributed by atoms with Crippen LogP contribution in [0.2, 0.25) is 0 Å². The molecule has 27 heavy (non-hydrogen) atoms. The molecule has 1 N–H and O–H groups in total. The Morgan fingerprint density at radius 2 is 1.70 bits per heavy atom. The average molecular weight is 391 g/mol. The summed E-state index contributed by atoms with van der Waals surface area (Å²) in [5.74, 6) is 0.238. The SMILES string of the molecule is COc1ccc(C)cc1N(CCC(=O)NCc1ccc(C)cc1)S(C)(=O)=O. The van der Waals surface area contributed by atoms with E-state index in [9.17, 15) is 13.2 Å². The molecule has 0 heterocycles. The molecule has 0 aliphatic rings.